The molecule has 3 aromatic rings. The first kappa shape index (κ1) is 15.8. The van der Waals surface area contributed by atoms with E-state index in [1.165, 1.54) is 0 Å². The quantitative estimate of drug-likeness (QED) is 0.730. The molecule has 1 atom stereocenters. The third-order valence-electron chi connectivity index (χ3n) is 4.72. The predicted octanol–water partition coefficient (Wildman–Crippen LogP) is 2.49. The fourth-order valence-corrected chi connectivity index (χ4v) is 3.43. The van der Waals surface area contributed by atoms with Crippen LogP contribution >= 0.6 is 0 Å². The normalized spacial score (nSPS) is 17.5. The van der Waals surface area contributed by atoms with Crippen LogP contribution in [0.25, 0.3) is 5.65 Å². The van der Waals surface area contributed by atoms with Gasteiger partial charge in [0.1, 0.15) is 5.65 Å². The Morgan fingerprint density at radius 3 is 3.04 bits per heavy atom. The second-order valence-corrected chi connectivity index (χ2v) is 6.48. The minimum Gasteiger partial charge on any atom is -0.339 e. The molecule has 4 rings (SSSR count). The van der Waals surface area contributed by atoms with Crippen LogP contribution in [0.15, 0.2) is 29.0 Å². The van der Waals surface area contributed by atoms with Crippen LogP contribution in [0.4, 0.5) is 0 Å². The molecule has 4 heterocycles. The number of carbonyl (C=O) groups excluding carboxylic acids is 1. The van der Waals surface area contributed by atoms with Crippen LogP contribution in [0.1, 0.15) is 48.8 Å². The van der Waals surface area contributed by atoms with E-state index in [-0.39, 0.29) is 18.4 Å². The van der Waals surface area contributed by atoms with Crippen molar-refractivity contribution in [1.29, 1.82) is 0 Å². The molecule has 0 bridgehead atoms. The number of pyridine rings is 1. The Morgan fingerprint density at radius 1 is 1.40 bits per heavy atom. The van der Waals surface area contributed by atoms with Gasteiger partial charge in [0.15, 0.2) is 5.82 Å². The Morgan fingerprint density at radius 2 is 2.28 bits per heavy atom. The van der Waals surface area contributed by atoms with Crippen molar-refractivity contribution in [1.82, 2.24) is 24.4 Å². The number of imidazole rings is 1. The summed E-state index contributed by atoms with van der Waals surface area (Å²) in [7, 11) is 0. The highest BCUT2D eigenvalue weighted by Gasteiger charge is 2.33. The molecule has 0 aliphatic carbocycles. The van der Waals surface area contributed by atoms with Gasteiger partial charge in [0.05, 0.1) is 18.2 Å². The fourth-order valence-electron chi connectivity index (χ4n) is 3.43. The Hall–Kier alpha value is -2.70. The number of hydrogen-bond acceptors (Lipinski definition) is 5. The highest BCUT2D eigenvalue weighted by atomic mass is 16.5. The summed E-state index contributed by atoms with van der Waals surface area (Å²) in [4.78, 5) is 23.7. The summed E-state index contributed by atoms with van der Waals surface area (Å²) in [5.74, 6) is 1.30. The second kappa shape index (κ2) is 6.31. The summed E-state index contributed by atoms with van der Waals surface area (Å²) < 4.78 is 7.18. The lowest BCUT2D eigenvalue weighted by Gasteiger charge is -2.21. The molecule has 0 saturated carbocycles. The molecule has 25 heavy (non-hydrogen) atoms. The first-order chi connectivity index (χ1) is 12.2. The molecule has 0 aromatic carbocycles. The van der Waals surface area contributed by atoms with E-state index in [1.54, 1.807) is 0 Å². The van der Waals surface area contributed by atoms with E-state index in [2.05, 4.69) is 15.1 Å². The van der Waals surface area contributed by atoms with Crippen LogP contribution in [0.3, 0.4) is 0 Å². The van der Waals surface area contributed by atoms with Gasteiger partial charge in [-0.2, -0.15) is 4.98 Å². The van der Waals surface area contributed by atoms with Gasteiger partial charge in [-0.15, -0.1) is 0 Å². The third-order valence-corrected chi connectivity index (χ3v) is 4.72. The topological polar surface area (TPSA) is 76.5 Å². The number of hydrogen-bond donors (Lipinski definition) is 0. The van der Waals surface area contributed by atoms with Gasteiger partial charge in [-0.05, 0) is 31.4 Å². The maximum absolute atomic E-state index is 12.8. The van der Waals surface area contributed by atoms with Gasteiger partial charge in [0, 0.05) is 25.4 Å². The van der Waals surface area contributed by atoms with Crippen molar-refractivity contribution in [2.75, 3.05) is 6.54 Å². The van der Waals surface area contributed by atoms with Crippen LogP contribution in [0.5, 0.6) is 0 Å². The van der Waals surface area contributed by atoms with Gasteiger partial charge >= 0.3 is 0 Å². The molecule has 0 spiro atoms. The molecular weight excluding hydrogens is 318 g/mol. The van der Waals surface area contributed by atoms with Crippen molar-refractivity contribution >= 4 is 11.6 Å². The Labute approximate surface area is 145 Å². The number of fused-ring (bicyclic) bond motifs is 1. The molecule has 0 N–H and O–H groups in total. The van der Waals surface area contributed by atoms with E-state index in [0.29, 0.717) is 18.1 Å². The molecule has 0 radical (unpaired) electrons. The number of aromatic nitrogens is 4. The van der Waals surface area contributed by atoms with Crippen LogP contribution in [-0.2, 0) is 17.6 Å². The number of rotatable bonds is 4. The summed E-state index contributed by atoms with van der Waals surface area (Å²) in [5, 5.41) is 4.06. The van der Waals surface area contributed by atoms with E-state index in [0.717, 1.165) is 36.3 Å². The molecule has 1 fully saturated rings. The van der Waals surface area contributed by atoms with Crippen molar-refractivity contribution in [3.63, 3.8) is 0 Å². The molecular formula is C18H21N5O2. The molecule has 130 valence electrons. The highest BCUT2D eigenvalue weighted by molar-refractivity contribution is 5.79. The van der Waals surface area contributed by atoms with E-state index in [1.807, 2.05) is 47.7 Å². The number of aryl methyl sites for hydroxylation is 2. The average molecular weight is 339 g/mol. The van der Waals surface area contributed by atoms with Crippen LogP contribution < -0.4 is 0 Å². The van der Waals surface area contributed by atoms with Gasteiger partial charge in [0.25, 0.3) is 0 Å². The zero-order chi connectivity index (χ0) is 17.4. The number of amides is 1. The monoisotopic (exact) mass is 339 g/mol. The van der Waals surface area contributed by atoms with Gasteiger partial charge in [-0.25, -0.2) is 4.98 Å². The van der Waals surface area contributed by atoms with Crippen molar-refractivity contribution in [2.24, 2.45) is 0 Å². The summed E-state index contributed by atoms with van der Waals surface area (Å²) in [6.45, 7) is 4.72. The number of likely N-dealkylation sites (tertiary alicyclic amines) is 1. The van der Waals surface area contributed by atoms with Crippen LogP contribution in [0, 0.1) is 6.92 Å². The summed E-state index contributed by atoms with van der Waals surface area (Å²) >= 11 is 0. The van der Waals surface area contributed by atoms with Crippen molar-refractivity contribution < 1.29 is 9.32 Å². The second-order valence-electron chi connectivity index (χ2n) is 6.48. The summed E-state index contributed by atoms with van der Waals surface area (Å²) in [5.41, 5.74) is 2.78. The predicted molar refractivity (Wildman–Crippen MR) is 91.0 cm³/mol. The molecule has 7 heteroatoms. The molecule has 0 unspecified atom stereocenters. The molecule has 1 aliphatic heterocycles. The first-order valence-electron chi connectivity index (χ1n) is 8.71. The van der Waals surface area contributed by atoms with E-state index in [9.17, 15) is 4.79 Å². The maximum Gasteiger partial charge on any atom is 0.229 e. The van der Waals surface area contributed by atoms with Crippen LogP contribution in [-0.4, -0.2) is 36.9 Å². The smallest absolute Gasteiger partial charge is 0.229 e. The third kappa shape index (κ3) is 2.90. The lowest BCUT2D eigenvalue weighted by molar-refractivity contribution is -0.131. The molecule has 3 aromatic heterocycles. The molecule has 1 saturated heterocycles. The molecule has 1 aliphatic rings. The van der Waals surface area contributed by atoms with E-state index in [4.69, 9.17) is 4.52 Å². The lowest BCUT2D eigenvalue weighted by atomic mass is 10.2. The minimum atomic E-state index is -0.0877. The van der Waals surface area contributed by atoms with Gasteiger partial charge in [-0.3, -0.25) is 4.79 Å². The standard InChI is InChI=1S/C18H21N5O2/c1-3-15-20-17(21-25-15)14-7-5-9-23(14)16(24)10-13-11-22-8-4-6-12(2)18(22)19-13/h4,6,8,11,14H,3,5,7,9-10H2,1-2H3/t14-/m1/s1. The van der Waals surface area contributed by atoms with Gasteiger partial charge in [-0.1, -0.05) is 18.1 Å². The fraction of sp³-hybridized carbons (Fsp3) is 0.444. The summed E-state index contributed by atoms with van der Waals surface area (Å²) in [6.07, 6.45) is 6.70. The first-order valence-corrected chi connectivity index (χ1v) is 8.71. The number of nitrogens with zero attached hydrogens (tertiary/aromatic N) is 5. The zero-order valence-electron chi connectivity index (χ0n) is 14.5. The van der Waals surface area contributed by atoms with E-state index < -0.39 is 0 Å². The summed E-state index contributed by atoms with van der Waals surface area (Å²) in [6, 6.07) is 3.91. The van der Waals surface area contributed by atoms with Crippen LogP contribution in [0.2, 0.25) is 0 Å². The Kier molecular flexibility index (Phi) is 3.99. The van der Waals surface area contributed by atoms with Gasteiger partial charge in [0.2, 0.25) is 11.8 Å². The zero-order valence-corrected chi connectivity index (χ0v) is 14.5. The van der Waals surface area contributed by atoms with Crippen molar-refractivity contribution in [2.45, 2.75) is 45.6 Å². The molecule has 1 amide bonds. The minimum absolute atomic E-state index is 0.0615. The van der Waals surface area contributed by atoms with Crippen molar-refractivity contribution in [3.05, 3.63) is 47.5 Å². The van der Waals surface area contributed by atoms with E-state index >= 15 is 0 Å². The Bertz CT molecular complexity index is 913. The largest absolute Gasteiger partial charge is 0.339 e. The highest BCUT2D eigenvalue weighted by Crippen LogP contribution is 2.30. The lowest BCUT2D eigenvalue weighted by Crippen LogP contribution is -2.32. The van der Waals surface area contributed by atoms with Crippen molar-refractivity contribution in [3.8, 4) is 0 Å². The molecule has 7 nitrogen and oxygen atoms in total. The van der Waals surface area contributed by atoms with Gasteiger partial charge < -0.3 is 13.8 Å². The number of carbonyl (C=O) groups is 1. The average Bonchev–Trinajstić information content (AvgIpc) is 3.33. The Balaban J connectivity index is 1.53. The SMILES string of the molecule is CCc1nc([C@H]2CCCN2C(=O)Cc2cn3cccc(C)c3n2)no1. The maximum atomic E-state index is 12.8.